The summed E-state index contributed by atoms with van der Waals surface area (Å²) in [5.74, 6) is 0. The van der Waals surface area contributed by atoms with Crippen molar-refractivity contribution in [2.75, 3.05) is 13.1 Å². The summed E-state index contributed by atoms with van der Waals surface area (Å²) in [5.41, 5.74) is 1.03. The van der Waals surface area contributed by atoms with E-state index in [9.17, 15) is 4.79 Å². The molecule has 0 amide bonds. The van der Waals surface area contributed by atoms with Gasteiger partial charge in [-0.2, -0.15) is 0 Å². The second-order valence-electron chi connectivity index (χ2n) is 4.27. The van der Waals surface area contributed by atoms with Crippen LogP contribution in [0, 0.1) is 0 Å². The van der Waals surface area contributed by atoms with Crippen LogP contribution in [0.1, 0.15) is 17.7 Å². The van der Waals surface area contributed by atoms with Gasteiger partial charge in [0, 0.05) is 11.4 Å². The molecule has 2 aromatic heterocycles. The predicted molar refractivity (Wildman–Crippen MR) is 72.8 cm³/mol. The number of thiophene rings is 1. The van der Waals surface area contributed by atoms with Crippen LogP contribution in [0.4, 0.5) is 0 Å². The van der Waals surface area contributed by atoms with Gasteiger partial charge in [0.1, 0.15) is 0 Å². The highest BCUT2D eigenvalue weighted by Gasteiger charge is 2.17. The zero-order valence-corrected chi connectivity index (χ0v) is 11.1. The average Bonchev–Trinajstić information content (AvgIpc) is 3.00. The second-order valence-corrected chi connectivity index (χ2v) is 6.29. The third-order valence-corrected chi connectivity index (χ3v) is 4.81. The van der Waals surface area contributed by atoms with Gasteiger partial charge in [-0.25, -0.2) is 0 Å². The van der Waals surface area contributed by atoms with Crippen molar-refractivity contribution in [3.05, 3.63) is 32.1 Å². The van der Waals surface area contributed by atoms with Crippen LogP contribution in [0.3, 0.4) is 0 Å². The van der Waals surface area contributed by atoms with Crippen LogP contribution < -0.4 is 4.87 Å². The minimum Gasteiger partial charge on any atom is -0.311 e. The number of likely N-dealkylation sites (tertiary alicyclic amines) is 1. The van der Waals surface area contributed by atoms with Crippen molar-refractivity contribution in [2.24, 2.45) is 0 Å². The molecule has 0 aliphatic carbocycles. The topological polar surface area (TPSA) is 36.1 Å². The Morgan fingerprint density at radius 3 is 2.88 bits per heavy atom. The van der Waals surface area contributed by atoms with E-state index in [-0.39, 0.29) is 4.87 Å². The minimum absolute atomic E-state index is 0.0580. The number of rotatable bonds is 3. The van der Waals surface area contributed by atoms with Crippen LogP contribution in [0.5, 0.6) is 0 Å². The molecule has 1 aliphatic heterocycles. The highest BCUT2D eigenvalue weighted by Crippen LogP contribution is 2.28. The summed E-state index contributed by atoms with van der Waals surface area (Å²) < 4.78 is 0. The van der Waals surface area contributed by atoms with Gasteiger partial charge in [0.05, 0.1) is 10.6 Å². The number of nitrogens with zero attached hydrogens (tertiary/aromatic N) is 1. The van der Waals surface area contributed by atoms with Crippen molar-refractivity contribution < 1.29 is 0 Å². The molecule has 0 bridgehead atoms. The predicted octanol–water partition coefficient (Wildman–Crippen LogP) is 2.76. The molecule has 0 unspecified atom stereocenters. The molecule has 90 valence electrons. The summed E-state index contributed by atoms with van der Waals surface area (Å²) >= 11 is 3.03. The standard InChI is InChI=1S/C12H14N2OS2/c15-12-13-11(9-4-3-7-16-9)10(17-12)8-14-5-1-2-6-14/h3-4,7H,1-2,5-6,8H2,(H,13,15). The lowest BCUT2D eigenvalue weighted by atomic mass is 10.3. The quantitative estimate of drug-likeness (QED) is 0.927. The first kappa shape index (κ1) is 11.2. The van der Waals surface area contributed by atoms with E-state index in [1.165, 1.54) is 29.1 Å². The fourth-order valence-electron chi connectivity index (χ4n) is 2.24. The summed E-state index contributed by atoms with van der Waals surface area (Å²) in [6.07, 6.45) is 2.57. The van der Waals surface area contributed by atoms with E-state index in [2.05, 4.69) is 16.0 Å². The molecule has 1 saturated heterocycles. The summed E-state index contributed by atoms with van der Waals surface area (Å²) in [7, 11) is 0. The number of thiazole rings is 1. The molecule has 0 saturated carbocycles. The maximum Gasteiger partial charge on any atom is 0.305 e. The molecule has 17 heavy (non-hydrogen) atoms. The van der Waals surface area contributed by atoms with Gasteiger partial charge in [0.15, 0.2) is 0 Å². The van der Waals surface area contributed by atoms with Gasteiger partial charge < -0.3 is 4.98 Å². The first-order chi connectivity index (χ1) is 8.33. The molecule has 0 spiro atoms. The van der Waals surface area contributed by atoms with Gasteiger partial charge >= 0.3 is 4.87 Å². The SMILES string of the molecule is O=c1[nH]c(-c2cccs2)c(CN2CCCC2)s1. The molecule has 3 heterocycles. The first-order valence-corrected chi connectivity index (χ1v) is 7.51. The van der Waals surface area contributed by atoms with Crippen molar-refractivity contribution >= 4 is 22.7 Å². The Bertz CT molecular complexity index is 535. The fraction of sp³-hybridized carbons (Fsp3) is 0.417. The number of hydrogen-bond acceptors (Lipinski definition) is 4. The number of H-pyrrole nitrogens is 1. The lowest BCUT2D eigenvalue weighted by molar-refractivity contribution is 0.334. The number of nitrogens with one attached hydrogen (secondary N) is 1. The average molecular weight is 266 g/mol. The lowest BCUT2D eigenvalue weighted by Gasteiger charge is -2.13. The summed E-state index contributed by atoms with van der Waals surface area (Å²) in [6, 6.07) is 4.09. The fourth-order valence-corrected chi connectivity index (χ4v) is 3.94. The summed E-state index contributed by atoms with van der Waals surface area (Å²) in [6.45, 7) is 3.24. The van der Waals surface area contributed by atoms with Gasteiger partial charge in [0.25, 0.3) is 0 Å². The van der Waals surface area contributed by atoms with E-state index in [1.807, 2.05) is 11.4 Å². The molecule has 3 nitrogen and oxygen atoms in total. The van der Waals surface area contributed by atoms with Gasteiger partial charge in [0.2, 0.25) is 0 Å². The lowest BCUT2D eigenvalue weighted by Crippen LogP contribution is -2.17. The van der Waals surface area contributed by atoms with E-state index >= 15 is 0 Å². The van der Waals surface area contributed by atoms with Crippen molar-refractivity contribution in [1.29, 1.82) is 0 Å². The van der Waals surface area contributed by atoms with E-state index in [1.54, 1.807) is 11.3 Å². The van der Waals surface area contributed by atoms with Crippen LogP contribution in [0.15, 0.2) is 22.3 Å². The largest absolute Gasteiger partial charge is 0.311 e. The molecular weight excluding hydrogens is 252 g/mol. The van der Waals surface area contributed by atoms with E-state index in [0.29, 0.717) is 0 Å². The number of hydrogen-bond donors (Lipinski definition) is 1. The Morgan fingerprint density at radius 1 is 1.35 bits per heavy atom. The van der Waals surface area contributed by atoms with Crippen LogP contribution in [-0.2, 0) is 6.54 Å². The second kappa shape index (κ2) is 4.76. The Balaban J connectivity index is 1.90. The molecule has 1 fully saturated rings. The van der Waals surface area contributed by atoms with Crippen molar-refractivity contribution in [3.8, 4) is 10.6 Å². The van der Waals surface area contributed by atoms with Gasteiger partial charge in [-0.3, -0.25) is 9.69 Å². The molecule has 3 rings (SSSR count). The minimum atomic E-state index is 0.0580. The highest BCUT2D eigenvalue weighted by molar-refractivity contribution is 7.14. The smallest absolute Gasteiger partial charge is 0.305 e. The van der Waals surface area contributed by atoms with Crippen molar-refractivity contribution in [2.45, 2.75) is 19.4 Å². The molecule has 0 radical (unpaired) electrons. The van der Waals surface area contributed by atoms with Gasteiger partial charge in [-0.15, -0.1) is 11.3 Å². The van der Waals surface area contributed by atoms with Crippen molar-refractivity contribution in [3.63, 3.8) is 0 Å². The molecule has 1 aliphatic rings. The third kappa shape index (κ3) is 2.36. The monoisotopic (exact) mass is 266 g/mol. The van der Waals surface area contributed by atoms with Crippen LogP contribution in [0.2, 0.25) is 0 Å². The molecule has 5 heteroatoms. The van der Waals surface area contributed by atoms with E-state index in [0.717, 1.165) is 30.2 Å². The number of aromatic amines is 1. The maximum absolute atomic E-state index is 11.5. The maximum atomic E-state index is 11.5. The molecule has 0 atom stereocenters. The Kier molecular flexibility index (Phi) is 3.13. The normalized spacial score (nSPS) is 16.7. The van der Waals surface area contributed by atoms with Gasteiger partial charge in [-0.1, -0.05) is 17.4 Å². The zero-order valence-electron chi connectivity index (χ0n) is 9.44. The van der Waals surface area contributed by atoms with Crippen LogP contribution in [0.25, 0.3) is 10.6 Å². The molecule has 2 aromatic rings. The highest BCUT2D eigenvalue weighted by atomic mass is 32.1. The Hall–Kier alpha value is -0.910. The van der Waals surface area contributed by atoms with Crippen LogP contribution >= 0.6 is 22.7 Å². The van der Waals surface area contributed by atoms with Crippen LogP contribution in [-0.4, -0.2) is 23.0 Å². The summed E-state index contributed by atoms with van der Waals surface area (Å²) in [4.78, 5) is 19.3. The third-order valence-electron chi connectivity index (χ3n) is 3.06. The number of aromatic nitrogens is 1. The summed E-state index contributed by atoms with van der Waals surface area (Å²) in [5, 5.41) is 2.05. The molecular formula is C12H14N2OS2. The Morgan fingerprint density at radius 2 is 2.18 bits per heavy atom. The van der Waals surface area contributed by atoms with E-state index in [4.69, 9.17) is 0 Å². The first-order valence-electron chi connectivity index (χ1n) is 5.81. The van der Waals surface area contributed by atoms with Crippen molar-refractivity contribution in [1.82, 2.24) is 9.88 Å². The van der Waals surface area contributed by atoms with E-state index < -0.39 is 0 Å². The Labute approximate surface area is 108 Å². The zero-order chi connectivity index (χ0) is 11.7. The molecule has 0 aromatic carbocycles. The molecule has 1 N–H and O–H groups in total. The van der Waals surface area contributed by atoms with Gasteiger partial charge in [-0.05, 0) is 37.4 Å².